The molecule has 0 amide bonds. The van der Waals surface area contributed by atoms with Crippen LogP contribution in [0.2, 0.25) is 0 Å². The standard InChI is InChI=1S/C30H39N3O3.2CH4O.CHO.Re/c1-35-29-19-24-14-18-32(22-26(24)20-30(29)36-2)16-9-3-4-10-17-33(23-27-12-7-8-15-31-27)21-25-11-5-6-13-28(25)34;3*1-2;/h5-8,11-13,15,19-20,34H,3-4,9-10,14,16-18,21-23H2,1-2H3;2*2H,1H3;1H;/q;;;-1;. The number of rotatable bonds is 13. The molecule has 1 aliphatic heterocycles. The molecule has 0 bridgehead atoms. The van der Waals surface area contributed by atoms with Gasteiger partial charge in [-0.2, -0.15) is 0 Å². The van der Waals surface area contributed by atoms with Gasteiger partial charge in [-0.05, 0) is 73.8 Å². The van der Waals surface area contributed by atoms with E-state index in [-0.39, 0.29) is 20.4 Å². The summed E-state index contributed by atoms with van der Waals surface area (Å²) < 4.78 is 11.0. The van der Waals surface area contributed by atoms with Crippen LogP contribution in [0.5, 0.6) is 17.2 Å². The van der Waals surface area contributed by atoms with E-state index in [1.807, 2.05) is 36.5 Å². The Kier molecular flexibility index (Phi) is 23.0. The van der Waals surface area contributed by atoms with Gasteiger partial charge in [0.25, 0.3) is 0 Å². The molecule has 4 rings (SSSR count). The van der Waals surface area contributed by atoms with E-state index in [0.717, 1.165) is 89.1 Å². The molecule has 43 heavy (non-hydrogen) atoms. The monoisotopic (exact) mass is 769 g/mol. The maximum atomic E-state index is 10.2. The summed E-state index contributed by atoms with van der Waals surface area (Å²) in [6.07, 6.45) is 7.68. The zero-order chi connectivity index (χ0) is 31.2. The van der Waals surface area contributed by atoms with Gasteiger partial charge in [-0.3, -0.25) is 21.6 Å². The largest absolute Gasteiger partial charge is 0.545 e. The van der Waals surface area contributed by atoms with E-state index in [2.05, 4.69) is 39.8 Å². The molecule has 2 heterocycles. The van der Waals surface area contributed by atoms with Gasteiger partial charge < -0.3 is 29.6 Å². The number of aromatic nitrogens is 1. The quantitative estimate of drug-likeness (QED) is 0.133. The van der Waals surface area contributed by atoms with Gasteiger partial charge in [-0.1, -0.05) is 37.1 Å². The Labute approximate surface area is 271 Å². The Morgan fingerprint density at radius 3 is 2.12 bits per heavy atom. The van der Waals surface area contributed by atoms with Gasteiger partial charge >= 0.3 is 0 Å². The van der Waals surface area contributed by atoms with Gasteiger partial charge in [0.05, 0.1) is 19.9 Å². The molecule has 0 unspecified atom stereocenters. The fraction of sp³-hybridized carbons (Fsp3) is 0.455. The van der Waals surface area contributed by atoms with Gasteiger partial charge in [0.1, 0.15) is 5.75 Å². The number of phenols is 1. The van der Waals surface area contributed by atoms with Crippen molar-refractivity contribution in [3.8, 4) is 17.2 Å². The van der Waals surface area contributed by atoms with Crippen molar-refractivity contribution in [3.05, 3.63) is 83.2 Å². The van der Waals surface area contributed by atoms with Crippen LogP contribution in [0.3, 0.4) is 0 Å². The number of fused-ring (bicyclic) bond motifs is 1. The van der Waals surface area contributed by atoms with Crippen molar-refractivity contribution in [2.45, 2.75) is 51.7 Å². The van der Waals surface area contributed by atoms with Crippen molar-refractivity contribution in [2.24, 2.45) is 0 Å². The fourth-order valence-corrected chi connectivity index (χ4v) is 4.98. The number of nitrogens with zero attached hydrogens (tertiary/aromatic N) is 3. The Bertz CT molecular complexity index is 1120. The first-order chi connectivity index (χ1) is 20.7. The van der Waals surface area contributed by atoms with Crippen LogP contribution in [0.15, 0.2) is 60.8 Å². The number of aliphatic hydroxyl groups is 2. The predicted molar refractivity (Wildman–Crippen MR) is 166 cm³/mol. The normalized spacial score (nSPS) is 11.7. The molecule has 2 aromatic carbocycles. The third-order valence-corrected chi connectivity index (χ3v) is 6.99. The summed E-state index contributed by atoms with van der Waals surface area (Å²) in [5.41, 5.74) is 4.76. The Morgan fingerprint density at radius 1 is 0.860 bits per heavy atom. The van der Waals surface area contributed by atoms with Crippen LogP contribution >= 0.6 is 0 Å². The molecule has 1 aliphatic rings. The predicted octanol–water partition coefficient (Wildman–Crippen LogP) is 4.37. The molecule has 239 valence electrons. The number of hydrogen-bond acceptors (Lipinski definition) is 9. The minimum absolute atomic E-state index is 0. The summed E-state index contributed by atoms with van der Waals surface area (Å²) >= 11 is 0. The molecule has 0 spiro atoms. The zero-order valence-corrected chi connectivity index (χ0v) is 28.6. The molecule has 1 aromatic heterocycles. The maximum absolute atomic E-state index is 10.2. The molecular formula is C33H48N3O6Re-. The van der Waals surface area contributed by atoms with Crippen LogP contribution in [0.1, 0.15) is 48.1 Å². The number of methoxy groups -OCH3 is 2. The smallest absolute Gasteiger partial charge is 0.161 e. The minimum Gasteiger partial charge on any atom is -0.545 e. The van der Waals surface area contributed by atoms with Crippen molar-refractivity contribution in [1.82, 2.24) is 14.8 Å². The molecule has 10 heteroatoms. The van der Waals surface area contributed by atoms with E-state index in [4.69, 9.17) is 24.5 Å². The minimum atomic E-state index is 0. The number of aromatic hydroxyl groups is 1. The Balaban J connectivity index is 0.00000237. The summed E-state index contributed by atoms with van der Waals surface area (Å²) in [4.78, 5) is 17.2. The molecule has 0 atom stereocenters. The van der Waals surface area contributed by atoms with Crippen LogP contribution in [0.25, 0.3) is 0 Å². The van der Waals surface area contributed by atoms with Gasteiger partial charge in [0, 0.05) is 72.6 Å². The van der Waals surface area contributed by atoms with Crippen molar-refractivity contribution in [3.63, 3.8) is 0 Å². The summed E-state index contributed by atoms with van der Waals surface area (Å²) in [5, 5.41) is 24.2. The number of phenolic OH excluding ortho intramolecular Hbond substituents is 1. The van der Waals surface area contributed by atoms with Crippen molar-refractivity contribution < 1.29 is 50.0 Å². The molecule has 0 aliphatic carbocycles. The summed E-state index contributed by atoms with van der Waals surface area (Å²) in [6.45, 7) is 8.96. The molecule has 9 nitrogen and oxygen atoms in total. The van der Waals surface area contributed by atoms with Gasteiger partial charge in [-0.15, -0.1) is 0 Å². The number of carbonyl (C=O) groups excluding carboxylic acids is 1. The number of hydrogen-bond donors (Lipinski definition) is 3. The van der Waals surface area contributed by atoms with E-state index < -0.39 is 0 Å². The first-order valence-electron chi connectivity index (χ1n) is 14.1. The molecule has 0 saturated carbocycles. The number of benzene rings is 2. The Morgan fingerprint density at radius 2 is 1.49 bits per heavy atom. The van der Waals surface area contributed by atoms with Crippen LogP contribution < -0.4 is 9.47 Å². The van der Waals surface area contributed by atoms with E-state index in [9.17, 15) is 5.11 Å². The van der Waals surface area contributed by atoms with Gasteiger partial charge in [0.2, 0.25) is 0 Å². The molecule has 0 saturated heterocycles. The molecular weight excluding hydrogens is 721 g/mol. The third kappa shape index (κ3) is 14.0. The number of pyridine rings is 1. The SMILES string of the molecule is CO.CO.COc1cc2c(cc1OC)CN(CCCCCCN(Cc1ccccn1)Cc1ccccc1O)CC2.[CH-]=O.[Re]. The first kappa shape index (κ1) is 40.2. The topological polar surface area (TPSA) is 116 Å². The molecule has 3 aromatic rings. The van der Waals surface area contributed by atoms with Crippen molar-refractivity contribution >= 4 is 6.79 Å². The fourth-order valence-electron chi connectivity index (χ4n) is 4.98. The maximum Gasteiger partial charge on any atom is 0.161 e. The third-order valence-electron chi connectivity index (χ3n) is 6.99. The van der Waals surface area contributed by atoms with Crippen LogP contribution in [0.4, 0.5) is 0 Å². The van der Waals surface area contributed by atoms with E-state index in [1.165, 1.54) is 30.4 Å². The second-order valence-electron chi connectivity index (χ2n) is 9.58. The van der Waals surface area contributed by atoms with E-state index in [1.54, 1.807) is 20.3 Å². The summed E-state index contributed by atoms with van der Waals surface area (Å²) in [6, 6.07) is 18.0. The first-order valence-corrected chi connectivity index (χ1v) is 14.1. The van der Waals surface area contributed by atoms with Gasteiger partial charge in [-0.25, -0.2) is 0 Å². The van der Waals surface area contributed by atoms with Crippen LogP contribution in [-0.4, -0.2) is 85.0 Å². The number of ether oxygens (including phenoxy) is 2. The second kappa shape index (κ2) is 24.6. The average molecular weight is 769 g/mol. The van der Waals surface area contributed by atoms with E-state index in [0.29, 0.717) is 5.75 Å². The molecule has 1 radical (unpaired) electrons. The molecule has 3 N–H and O–H groups in total. The van der Waals surface area contributed by atoms with Crippen LogP contribution in [-0.2, 0) is 51.3 Å². The van der Waals surface area contributed by atoms with Gasteiger partial charge in [0.15, 0.2) is 11.5 Å². The number of para-hydroxylation sites is 1. The Hall–Kier alpha value is -2.84. The van der Waals surface area contributed by atoms with Crippen molar-refractivity contribution in [1.29, 1.82) is 0 Å². The van der Waals surface area contributed by atoms with E-state index >= 15 is 0 Å². The molecule has 0 fully saturated rings. The summed E-state index contributed by atoms with van der Waals surface area (Å²) in [7, 11) is 5.40. The summed E-state index contributed by atoms with van der Waals surface area (Å²) in [5.74, 6) is 2.00. The zero-order valence-electron chi connectivity index (χ0n) is 25.9. The van der Waals surface area contributed by atoms with Crippen LogP contribution in [0, 0.1) is 0 Å². The van der Waals surface area contributed by atoms with Crippen molar-refractivity contribution in [2.75, 3.05) is 48.1 Å². The second-order valence-corrected chi connectivity index (χ2v) is 9.58. The number of aliphatic hydroxyl groups excluding tert-OH is 2. The average Bonchev–Trinajstić information content (AvgIpc) is 3.06. The number of unbranched alkanes of at least 4 members (excludes halogenated alkanes) is 3.